The van der Waals surface area contributed by atoms with Gasteiger partial charge in [0.2, 0.25) is 0 Å². The maximum absolute atomic E-state index is 2.48. The Bertz CT molecular complexity index is 2560. The quantitative estimate of drug-likeness (QED) is 0.181. The van der Waals surface area contributed by atoms with Crippen molar-refractivity contribution in [2.45, 2.75) is 0 Å². The Kier molecular flexibility index (Phi) is 5.93. The lowest BCUT2D eigenvalue weighted by Gasteiger charge is -2.53. The fourth-order valence-corrected chi connectivity index (χ4v) is 8.75. The van der Waals surface area contributed by atoms with Gasteiger partial charge in [0.25, 0.3) is 0 Å². The minimum absolute atomic E-state index is 0.0294. The van der Waals surface area contributed by atoms with E-state index in [0.717, 1.165) is 5.70 Å². The second-order valence-corrected chi connectivity index (χ2v) is 13.5. The lowest BCUT2D eigenvalue weighted by Crippen LogP contribution is -2.73. The van der Waals surface area contributed by atoms with Crippen LogP contribution in [0.5, 0.6) is 0 Å². The van der Waals surface area contributed by atoms with Crippen molar-refractivity contribution >= 4 is 77.2 Å². The van der Waals surface area contributed by atoms with Gasteiger partial charge in [-0.3, -0.25) is 0 Å². The number of hydrogen-bond acceptors (Lipinski definition) is 4. The number of para-hydroxylation sites is 3. The van der Waals surface area contributed by atoms with Crippen molar-refractivity contribution in [3.8, 4) is 5.69 Å². The maximum Gasteiger partial charge on any atom is 0.382 e. The highest BCUT2D eigenvalue weighted by Gasteiger charge is 2.50. The van der Waals surface area contributed by atoms with Gasteiger partial charge in [-0.15, -0.1) is 0 Å². The molecule has 4 aromatic carbocycles. The van der Waals surface area contributed by atoms with Crippen LogP contribution >= 0.6 is 0 Å². The van der Waals surface area contributed by atoms with Crippen molar-refractivity contribution in [3.63, 3.8) is 0 Å². The molecule has 0 aliphatic carbocycles. The van der Waals surface area contributed by atoms with Gasteiger partial charge < -0.3 is 28.0 Å². The van der Waals surface area contributed by atoms with E-state index < -0.39 is 0 Å². The van der Waals surface area contributed by atoms with Crippen molar-refractivity contribution in [2.24, 2.45) is 0 Å². The van der Waals surface area contributed by atoms with Crippen LogP contribution in [0.25, 0.3) is 55.0 Å². The molecule has 7 heterocycles. The Balaban J connectivity index is 1.09. The largest absolute Gasteiger partial charge is 0.423 e. The van der Waals surface area contributed by atoms with Gasteiger partial charge in [0.1, 0.15) is 0 Å². The zero-order chi connectivity index (χ0) is 32.8. The molecule has 0 amide bonds. The highest BCUT2D eigenvalue weighted by Crippen LogP contribution is 2.38. The number of nitrogens with zero attached hydrogens (tertiary/aromatic N) is 6. The molecule has 5 aliphatic heterocycles. The molecule has 50 heavy (non-hydrogen) atoms. The minimum atomic E-state index is -0.0294. The van der Waals surface area contributed by atoms with E-state index in [2.05, 4.69) is 210 Å². The number of allylic oxidation sites excluding steroid dienone is 8. The van der Waals surface area contributed by atoms with E-state index in [9.17, 15) is 0 Å². The third-order valence-electron chi connectivity index (χ3n) is 10.9. The van der Waals surface area contributed by atoms with Crippen LogP contribution in [0.3, 0.4) is 0 Å². The summed E-state index contributed by atoms with van der Waals surface area (Å²) >= 11 is 0. The first kappa shape index (κ1) is 27.8. The first-order chi connectivity index (χ1) is 24.8. The number of aromatic nitrogens is 2. The van der Waals surface area contributed by atoms with Crippen LogP contribution in [-0.2, 0) is 0 Å². The predicted octanol–water partition coefficient (Wildman–Crippen LogP) is 7.84. The van der Waals surface area contributed by atoms with Gasteiger partial charge in [-0.25, -0.2) is 0 Å². The van der Waals surface area contributed by atoms with Gasteiger partial charge in [-0.05, 0) is 91.5 Å². The first-order valence-corrected chi connectivity index (χ1v) is 17.4. The smallest absolute Gasteiger partial charge is 0.382 e. The van der Waals surface area contributed by atoms with Gasteiger partial charge in [0.15, 0.2) is 0 Å². The zero-order valence-electron chi connectivity index (χ0n) is 27.3. The molecule has 1 saturated heterocycles. The van der Waals surface area contributed by atoms with E-state index in [1.165, 1.54) is 49.3 Å². The predicted molar refractivity (Wildman–Crippen MR) is 212 cm³/mol. The SMILES string of the molecule is C1=CB2N(C=C1)B1C=CC=CN1B1C=C(n3c4ccccc4c4cc(-n5c6ccccc6c6ccccc65)ccc43)C=CN1B1C=CC=CN21. The second kappa shape index (κ2) is 10.7. The van der Waals surface area contributed by atoms with Crippen LogP contribution in [0, 0.1) is 0 Å². The monoisotopic (exact) mass is 638 g/mol. The molecule has 1 fully saturated rings. The van der Waals surface area contributed by atoms with E-state index in [-0.39, 0.29) is 27.9 Å². The second-order valence-electron chi connectivity index (χ2n) is 13.5. The summed E-state index contributed by atoms with van der Waals surface area (Å²) in [6.07, 6.45) is 24.3. The number of fused-ring (bicyclic) bond motifs is 14. The van der Waals surface area contributed by atoms with Gasteiger partial charge in [0, 0.05) is 32.9 Å². The van der Waals surface area contributed by atoms with E-state index in [0.29, 0.717) is 0 Å². The van der Waals surface area contributed by atoms with Gasteiger partial charge >= 0.3 is 27.9 Å². The molecule has 0 saturated carbocycles. The Labute approximate surface area is 292 Å². The van der Waals surface area contributed by atoms with Gasteiger partial charge in [-0.2, -0.15) is 0 Å². The summed E-state index contributed by atoms with van der Waals surface area (Å²) in [4.78, 5) is 0. The van der Waals surface area contributed by atoms with Gasteiger partial charge in [0.05, 0.1) is 22.1 Å². The van der Waals surface area contributed by atoms with E-state index >= 15 is 0 Å². The average Bonchev–Trinajstić information content (AvgIpc) is 3.70. The lowest BCUT2D eigenvalue weighted by molar-refractivity contribution is 0.622. The standard InChI is InChI=1S/C40H30B4N6/c1-4-16-37-33(13-1)34-14-2-5-17-38(34)49(37)31-19-20-40-36(29-31)35-15-3-6-18-39(35)50(40)32-21-28-48-43-24-8-11-26-46(43)41-22-7-10-25-45(41)42-23-9-12-27-47(42)44(48)30-32/h1-30H. The van der Waals surface area contributed by atoms with Gasteiger partial charge in [-0.1, -0.05) is 90.8 Å². The molecule has 5 aliphatic rings. The number of rotatable bonds is 2. The third-order valence-corrected chi connectivity index (χ3v) is 10.9. The molecule has 0 unspecified atom stereocenters. The minimum Gasteiger partial charge on any atom is -0.423 e. The molecule has 0 atom stereocenters. The Hall–Kier alpha value is -6.14. The van der Waals surface area contributed by atoms with Crippen LogP contribution in [0.15, 0.2) is 182 Å². The molecule has 6 nitrogen and oxygen atoms in total. The van der Waals surface area contributed by atoms with Crippen LogP contribution in [0.1, 0.15) is 0 Å². The molecule has 0 spiro atoms. The van der Waals surface area contributed by atoms with Crippen molar-refractivity contribution in [1.29, 1.82) is 0 Å². The molecular weight excluding hydrogens is 608 g/mol. The molecule has 10 heteroatoms. The molecule has 2 aromatic heterocycles. The van der Waals surface area contributed by atoms with Crippen molar-refractivity contribution in [3.05, 3.63) is 182 Å². The van der Waals surface area contributed by atoms with Crippen molar-refractivity contribution < 1.29 is 0 Å². The molecule has 11 rings (SSSR count). The third kappa shape index (κ3) is 3.90. The topological polar surface area (TPSA) is 22.8 Å². The molecule has 6 aromatic rings. The average molecular weight is 638 g/mol. The summed E-state index contributed by atoms with van der Waals surface area (Å²) in [7, 11) is 0. The molecule has 0 radical (unpaired) electrons. The maximum atomic E-state index is 2.48. The normalized spacial score (nSPS) is 17.6. The van der Waals surface area contributed by atoms with E-state index in [1.807, 2.05) is 0 Å². The fourth-order valence-electron chi connectivity index (χ4n) is 8.75. The summed E-state index contributed by atoms with van der Waals surface area (Å²) in [5.41, 5.74) is 7.17. The summed E-state index contributed by atoms with van der Waals surface area (Å²) < 4.78 is 14.7. The highest BCUT2D eigenvalue weighted by molar-refractivity contribution is 6.92. The summed E-state index contributed by atoms with van der Waals surface area (Å²) in [5.74, 6) is 9.35. The van der Waals surface area contributed by atoms with Crippen molar-refractivity contribution in [2.75, 3.05) is 0 Å². The zero-order valence-corrected chi connectivity index (χ0v) is 27.3. The van der Waals surface area contributed by atoms with Crippen LogP contribution in [0.2, 0.25) is 0 Å². The Morgan fingerprint density at radius 2 is 0.840 bits per heavy atom. The van der Waals surface area contributed by atoms with E-state index in [1.54, 1.807) is 0 Å². The summed E-state index contributed by atoms with van der Waals surface area (Å²) in [6, 6.07) is 33.3. The number of benzene rings is 4. The summed E-state index contributed by atoms with van der Waals surface area (Å²) in [6.45, 7) is 0.165. The fraction of sp³-hybridized carbons (Fsp3) is 0. The summed E-state index contributed by atoms with van der Waals surface area (Å²) in [5, 5.41) is 5.04. The highest BCUT2D eigenvalue weighted by atomic mass is 15.3. The Morgan fingerprint density at radius 3 is 1.42 bits per heavy atom. The van der Waals surface area contributed by atoms with Crippen LogP contribution in [-0.4, -0.2) is 56.0 Å². The van der Waals surface area contributed by atoms with Crippen LogP contribution < -0.4 is 0 Å². The van der Waals surface area contributed by atoms with E-state index in [4.69, 9.17) is 0 Å². The molecular formula is C40H30B4N6. The molecule has 0 N–H and O–H groups in total. The van der Waals surface area contributed by atoms with Crippen molar-refractivity contribution in [1.82, 2.24) is 28.0 Å². The first-order valence-electron chi connectivity index (χ1n) is 17.4. The number of hydrogen-bond donors (Lipinski definition) is 0. The Morgan fingerprint density at radius 1 is 0.380 bits per heavy atom. The molecule has 0 bridgehead atoms. The molecule has 232 valence electrons. The lowest BCUT2D eigenvalue weighted by atomic mass is 9.42. The van der Waals surface area contributed by atoms with Crippen LogP contribution in [0.4, 0.5) is 0 Å².